The highest BCUT2D eigenvalue weighted by Crippen LogP contribution is 2.21. The van der Waals surface area contributed by atoms with Crippen LogP contribution in [-0.4, -0.2) is 20.9 Å². The number of hydrogen-bond donors (Lipinski definition) is 1. The monoisotopic (exact) mass is 324 g/mol. The molecule has 118 valence electrons. The highest BCUT2D eigenvalue weighted by molar-refractivity contribution is 6.04. The van der Waals surface area contributed by atoms with Crippen molar-refractivity contribution in [2.24, 2.45) is 5.10 Å². The van der Waals surface area contributed by atoms with Gasteiger partial charge in [-0.1, -0.05) is 12.1 Å². The quantitative estimate of drug-likeness (QED) is 0.576. The molecule has 0 saturated heterocycles. The fourth-order valence-electron chi connectivity index (χ4n) is 2.52. The minimum atomic E-state index is -0.427. The maximum atomic E-state index is 13.4. The van der Waals surface area contributed by atoms with E-state index >= 15 is 0 Å². The van der Waals surface area contributed by atoms with Gasteiger partial charge < -0.3 is 4.98 Å². The van der Waals surface area contributed by atoms with Gasteiger partial charge in [0.25, 0.3) is 5.56 Å². The van der Waals surface area contributed by atoms with E-state index < -0.39 is 17.2 Å². The topological polar surface area (TPSA) is 63.0 Å². The molecule has 0 amide bonds. The summed E-state index contributed by atoms with van der Waals surface area (Å²) in [7, 11) is 0. The Morgan fingerprint density at radius 2 is 1.96 bits per heavy atom. The molecule has 2 aromatic carbocycles. The second-order valence-electron chi connectivity index (χ2n) is 5.23. The van der Waals surface area contributed by atoms with Crippen molar-refractivity contribution in [1.82, 2.24) is 14.6 Å². The summed E-state index contributed by atoms with van der Waals surface area (Å²) in [6.07, 6.45) is 2.61. The molecule has 2 heterocycles. The molecule has 0 unspecified atom stereocenters. The van der Waals surface area contributed by atoms with E-state index in [1.807, 2.05) is 0 Å². The van der Waals surface area contributed by atoms with Crippen LogP contribution < -0.4 is 5.56 Å². The van der Waals surface area contributed by atoms with Gasteiger partial charge in [0.1, 0.15) is 29.0 Å². The molecule has 0 aliphatic rings. The Hall–Kier alpha value is -3.35. The third kappa shape index (κ3) is 2.36. The number of nitrogens with zero attached hydrogens (tertiary/aromatic N) is 3. The van der Waals surface area contributed by atoms with Crippen molar-refractivity contribution in [1.29, 1.82) is 0 Å². The molecular weight excluding hydrogens is 314 g/mol. The lowest BCUT2D eigenvalue weighted by molar-refractivity contribution is 0.627. The average molecular weight is 324 g/mol. The fraction of sp³-hybridized carbons (Fsp3) is 0. The van der Waals surface area contributed by atoms with Gasteiger partial charge in [0.15, 0.2) is 0 Å². The number of halogens is 2. The summed E-state index contributed by atoms with van der Waals surface area (Å²) in [5.74, 6) is -0.795. The number of benzene rings is 2. The van der Waals surface area contributed by atoms with Crippen LogP contribution in [0.1, 0.15) is 5.56 Å². The number of H-pyrrole nitrogens is 1. The summed E-state index contributed by atoms with van der Waals surface area (Å²) >= 11 is 0. The van der Waals surface area contributed by atoms with Gasteiger partial charge in [0, 0.05) is 10.9 Å². The molecule has 2 aromatic heterocycles. The van der Waals surface area contributed by atoms with Crippen LogP contribution in [0.25, 0.3) is 21.9 Å². The third-order valence-corrected chi connectivity index (χ3v) is 3.63. The molecule has 0 atom stereocenters. The SMILES string of the molecule is O=c1c2[nH]c3ccc(F)cc3c2ncn1N=Cc1cccc(F)c1. The van der Waals surface area contributed by atoms with E-state index in [0.29, 0.717) is 22.0 Å². The largest absolute Gasteiger partial charge is 0.349 e. The zero-order valence-electron chi connectivity index (χ0n) is 12.2. The smallest absolute Gasteiger partial charge is 0.298 e. The Kier molecular flexibility index (Phi) is 3.19. The molecule has 0 radical (unpaired) electrons. The summed E-state index contributed by atoms with van der Waals surface area (Å²) in [4.78, 5) is 19.6. The van der Waals surface area contributed by atoms with Gasteiger partial charge >= 0.3 is 0 Å². The maximum absolute atomic E-state index is 13.4. The number of fused-ring (bicyclic) bond motifs is 3. The van der Waals surface area contributed by atoms with Gasteiger partial charge in [-0.15, -0.1) is 0 Å². The number of aromatic nitrogens is 3. The molecule has 0 fully saturated rings. The fourth-order valence-corrected chi connectivity index (χ4v) is 2.52. The van der Waals surface area contributed by atoms with Gasteiger partial charge in [-0.3, -0.25) is 4.79 Å². The molecule has 0 aliphatic carbocycles. The first-order chi connectivity index (χ1) is 11.6. The highest BCUT2D eigenvalue weighted by atomic mass is 19.1. The lowest BCUT2D eigenvalue weighted by Gasteiger charge is -1.98. The highest BCUT2D eigenvalue weighted by Gasteiger charge is 2.11. The van der Waals surface area contributed by atoms with Crippen LogP contribution >= 0.6 is 0 Å². The molecule has 4 rings (SSSR count). The van der Waals surface area contributed by atoms with E-state index in [4.69, 9.17) is 0 Å². The normalized spacial score (nSPS) is 11.8. The molecule has 0 saturated carbocycles. The van der Waals surface area contributed by atoms with Crippen LogP contribution in [0.5, 0.6) is 0 Å². The van der Waals surface area contributed by atoms with Crippen molar-refractivity contribution in [3.05, 3.63) is 76.3 Å². The Morgan fingerprint density at radius 1 is 1.12 bits per heavy atom. The van der Waals surface area contributed by atoms with E-state index in [1.54, 1.807) is 18.2 Å². The van der Waals surface area contributed by atoms with E-state index in [2.05, 4.69) is 15.1 Å². The Bertz CT molecular complexity index is 1160. The summed E-state index contributed by atoms with van der Waals surface area (Å²) in [5, 5.41) is 4.54. The third-order valence-electron chi connectivity index (χ3n) is 3.63. The lowest BCUT2D eigenvalue weighted by Crippen LogP contribution is -2.17. The van der Waals surface area contributed by atoms with Crippen molar-refractivity contribution in [3.63, 3.8) is 0 Å². The number of hydrogen-bond acceptors (Lipinski definition) is 3. The second kappa shape index (κ2) is 5.38. The summed E-state index contributed by atoms with van der Waals surface area (Å²) in [6, 6.07) is 10.0. The van der Waals surface area contributed by atoms with Gasteiger partial charge in [-0.25, -0.2) is 13.8 Å². The molecule has 1 N–H and O–H groups in total. The van der Waals surface area contributed by atoms with Crippen LogP contribution in [0, 0.1) is 11.6 Å². The van der Waals surface area contributed by atoms with Crippen molar-refractivity contribution >= 4 is 28.2 Å². The van der Waals surface area contributed by atoms with E-state index in [-0.39, 0.29) is 5.52 Å². The predicted octanol–water partition coefficient (Wildman–Crippen LogP) is 3.04. The van der Waals surface area contributed by atoms with E-state index in [9.17, 15) is 13.6 Å². The zero-order valence-corrected chi connectivity index (χ0v) is 12.2. The zero-order chi connectivity index (χ0) is 16.7. The van der Waals surface area contributed by atoms with E-state index in [1.165, 1.54) is 36.8 Å². The predicted molar refractivity (Wildman–Crippen MR) is 87.2 cm³/mol. The van der Waals surface area contributed by atoms with Crippen LogP contribution in [0.15, 0.2) is 58.7 Å². The maximum Gasteiger partial charge on any atom is 0.298 e. The average Bonchev–Trinajstić information content (AvgIpc) is 2.93. The first kappa shape index (κ1) is 14.3. The molecule has 0 bridgehead atoms. The lowest BCUT2D eigenvalue weighted by atomic mass is 10.2. The van der Waals surface area contributed by atoms with Crippen LogP contribution in [-0.2, 0) is 0 Å². The first-order valence-corrected chi connectivity index (χ1v) is 7.10. The molecular formula is C17H10F2N4O. The van der Waals surface area contributed by atoms with Crippen molar-refractivity contribution < 1.29 is 8.78 Å². The molecule has 5 nitrogen and oxygen atoms in total. The Labute approximate surface area is 133 Å². The summed E-state index contributed by atoms with van der Waals surface area (Å²) in [5.41, 5.74) is 1.31. The number of aromatic amines is 1. The van der Waals surface area contributed by atoms with E-state index in [0.717, 1.165) is 4.68 Å². The van der Waals surface area contributed by atoms with Gasteiger partial charge in [0.2, 0.25) is 0 Å². The Balaban J connectivity index is 1.84. The number of rotatable bonds is 2. The van der Waals surface area contributed by atoms with Crippen molar-refractivity contribution in [3.8, 4) is 0 Å². The summed E-state index contributed by atoms with van der Waals surface area (Å²) < 4.78 is 27.6. The van der Waals surface area contributed by atoms with Gasteiger partial charge in [-0.05, 0) is 35.9 Å². The van der Waals surface area contributed by atoms with Crippen molar-refractivity contribution in [2.45, 2.75) is 0 Å². The molecule has 4 aromatic rings. The minimum absolute atomic E-state index is 0.231. The summed E-state index contributed by atoms with van der Waals surface area (Å²) in [6.45, 7) is 0. The van der Waals surface area contributed by atoms with Gasteiger partial charge in [0.05, 0.1) is 6.21 Å². The molecule has 0 aliphatic heterocycles. The van der Waals surface area contributed by atoms with Gasteiger partial charge in [-0.2, -0.15) is 9.78 Å². The second-order valence-corrected chi connectivity index (χ2v) is 5.23. The van der Waals surface area contributed by atoms with Crippen LogP contribution in [0.2, 0.25) is 0 Å². The van der Waals surface area contributed by atoms with Crippen LogP contribution in [0.3, 0.4) is 0 Å². The molecule has 0 spiro atoms. The standard InChI is InChI=1S/C17H10F2N4O/c18-11-3-1-2-10(6-11)8-21-23-9-20-15-13-7-12(19)4-5-14(13)22-16(15)17(23)24/h1-9,22H. The Morgan fingerprint density at radius 3 is 2.79 bits per heavy atom. The first-order valence-electron chi connectivity index (χ1n) is 7.10. The number of nitrogens with one attached hydrogen (secondary N) is 1. The van der Waals surface area contributed by atoms with Crippen LogP contribution in [0.4, 0.5) is 8.78 Å². The molecule has 24 heavy (non-hydrogen) atoms. The van der Waals surface area contributed by atoms with Crippen molar-refractivity contribution in [2.75, 3.05) is 0 Å². The molecule has 7 heteroatoms. The minimum Gasteiger partial charge on any atom is -0.349 e.